The van der Waals surface area contributed by atoms with Gasteiger partial charge in [0, 0.05) is 5.33 Å². The van der Waals surface area contributed by atoms with Gasteiger partial charge in [0.05, 0.1) is 12.7 Å². The number of carbonyl (C=O) groups is 1. The van der Waals surface area contributed by atoms with E-state index in [0.717, 1.165) is 13.2 Å². The average Bonchev–Trinajstić information content (AvgIpc) is 2.35. The molecule has 1 aromatic rings. The summed E-state index contributed by atoms with van der Waals surface area (Å²) in [5.74, 6) is -1.86. The van der Waals surface area contributed by atoms with Crippen LogP contribution >= 0.6 is 15.9 Å². The molecule has 0 bridgehead atoms. The Labute approximate surface area is 114 Å². The molecule has 0 spiro atoms. The monoisotopic (exact) mass is 337 g/mol. The third-order valence-corrected chi connectivity index (χ3v) is 2.72. The molecule has 0 saturated heterocycles. The van der Waals surface area contributed by atoms with Gasteiger partial charge in [0.25, 0.3) is 0 Å². The van der Waals surface area contributed by atoms with Gasteiger partial charge in [-0.1, -0.05) is 22.0 Å². The summed E-state index contributed by atoms with van der Waals surface area (Å²) in [6.45, 7) is 0. The fourth-order valence-electron chi connectivity index (χ4n) is 1.37. The summed E-state index contributed by atoms with van der Waals surface area (Å²) in [5.41, 5.74) is -0.594. The SMILES string of the molecule is COC(=O)c1c(CBr)ccc(C#N)c1OC(F)(F)F. The molecule has 0 saturated carbocycles. The van der Waals surface area contributed by atoms with Gasteiger partial charge in [-0.2, -0.15) is 5.26 Å². The number of nitriles is 1. The molecule has 0 aliphatic rings. The number of rotatable bonds is 3. The molecule has 1 aromatic carbocycles. The molecule has 4 nitrogen and oxygen atoms in total. The molecule has 0 amide bonds. The van der Waals surface area contributed by atoms with E-state index in [-0.39, 0.29) is 10.9 Å². The first-order chi connectivity index (χ1) is 8.84. The number of esters is 1. The van der Waals surface area contributed by atoms with Crippen LogP contribution in [0.25, 0.3) is 0 Å². The Balaban J connectivity index is 3.53. The lowest BCUT2D eigenvalue weighted by Crippen LogP contribution is -2.21. The van der Waals surface area contributed by atoms with E-state index in [1.165, 1.54) is 6.07 Å². The Bertz CT molecular complexity index is 537. The smallest absolute Gasteiger partial charge is 0.465 e. The van der Waals surface area contributed by atoms with Gasteiger partial charge in [-0.15, -0.1) is 13.2 Å². The highest BCUT2D eigenvalue weighted by Gasteiger charge is 2.35. The maximum Gasteiger partial charge on any atom is 0.573 e. The molecule has 102 valence electrons. The van der Waals surface area contributed by atoms with Gasteiger partial charge in [0.15, 0.2) is 5.75 Å². The van der Waals surface area contributed by atoms with Crippen LogP contribution in [-0.2, 0) is 10.1 Å². The first-order valence-electron chi connectivity index (χ1n) is 4.80. The first kappa shape index (κ1) is 15.3. The van der Waals surface area contributed by atoms with E-state index in [4.69, 9.17) is 5.26 Å². The molecule has 0 radical (unpaired) electrons. The standard InChI is InChI=1S/C11H7BrF3NO3/c1-18-10(17)8-6(4-12)2-3-7(5-16)9(8)19-11(13,14)15/h2-3H,4H2,1H3. The second-order valence-electron chi connectivity index (χ2n) is 3.26. The van der Waals surface area contributed by atoms with Gasteiger partial charge in [0.2, 0.25) is 0 Å². The van der Waals surface area contributed by atoms with Crippen molar-refractivity contribution in [1.29, 1.82) is 5.26 Å². The Morgan fingerprint density at radius 3 is 2.53 bits per heavy atom. The fraction of sp³-hybridized carbons (Fsp3) is 0.273. The molecular weight excluding hydrogens is 331 g/mol. The second-order valence-corrected chi connectivity index (χ2v) is 3.82. The number of hydrogen-bond donors (Lipinski definition) is 0. The third-order valence-electron chi connectivity index (χ3n) is 2.12. The summed E-state index contributed by atoms with van der Waals surface area (Å²) in [5, 5.41) is 8.91. The summed E-state index contributed by atoms with van der Waals surface area (Å²) in [6.07, 6.45) is -5.01. The van der Waals surface area contributed by atoms with Crippen molar-refractivity contribution < 1.29 is 27.4 Å². The van der Waals surface area contributed by atoms with Crippen LogP contribution in [-0.4, -0.2) is 19.4 Å². The van der Waals surface area contributed by atoms with Crippen molar-refractivity contribution in [3.8, 4) is 11.8 Å². The van der Waals surface area contributed by atoms with Crippen molar-refractivity contribution in [3.63, 3.8) is 0 Å². The molecule has 0 N–H and O–H groups in total. The molecule has 0 aliphatic heterocycles. The molecule has 0 aromatic heterocycles. The van der Waals surface area contributed by atoms with E-state index in [0.29, 0.717) is 0 Å². The highest BCUT2D eigenvalue weighted by Crippen LogP contribution is 2.33. The number of methoxy groups -OCH3 is 1. The zero-order valence-electron chi connectivity index (χ0n) is 9.55. The Morgan fingerprint density at radius 1 is 1.47 bits per heavy atom. The number of carbonyl (C=O) groups excluding carboxylic acids is 1. The van der Waals surface area contributed by atoms with Gasteiger partial charge in [-0.3, -0.25) is 0 Å². The van der Waals surface area contributed by atoms with Crippen molar-refractivity contribution in [2.75, 3.05) is 7.11 Å². The number of alkyl halides is 4. The third kappa shape index (κ3) is 3.61. The van der Waals surface area contributed by atoms with E-state index >= 15 is 0 Å². The van der Waals surface area contributed by atoms with E-state index in [9.17, 15) is 18.0 Å². The Kier molecular flexibility index (Phi) is 4.78. The van der Waals surface area contributed by atoms with Crippen LogP contribution in [0.15, 0.2) is 12.1 Å². The molecule has 0 aliphatic carbocycles. The first-order valence-corrected chi connectivity index (χ1v) is 5.92. The lowest BCUT2D eigenvalue weighted by molar-refractivity contribution is -0.274. The van der Waals surface area contributed by atoms with Crippen molar-refractivity contribution in [1.82, 2.24) is 0 Å². The zero-order valence-corrected chi connectivity index (χ0v) is 11.1. The van der Waals surface area contributed by atoms with Gasteiger partial charge < -0.3 is 9.47 Å². The summed E-state index contributed by atoms with van der Waals surface area (Å²) in [6, 6.07) is 4.03. The van der Waals surface area contributed by atoms with Crippen molar-refractivity contribution in [2.24, 2.45) is 0 Å². The van der Waals surface area contributed by atoms with E-state index < -0.39 is 29.2 Å². The molecule has 1 rings (SSSR count). The van der Waals surface area contributed by atoms with Crippen LogP contribution in [0.1, 0.15) is 21.5 Å². The molecule has 0 atom stereocenters. The predicted molar refractivity (Wildman–Crippen MR) is 61.8 cm³/mol. The van der Waals surface area contributed by atoms with E-state index in [2.05, 4.69) is 25.4 Å². The van der Waals surface area contributed by atoms with Gasteiger partial charge >= 0.3 is 12.3 Å². The second kappa shape index (κ2) is 5.93. The Morgan fingerprint density at radius 2 is 2.11 bits per heavy atom. The lowest BCUT2D eigenvalue weighted by atomic mass is 10.0. The molecule has 8 heteroatoms. The zero-order chi connectivity index (χ0) is 14.6. The summed E-state index contributed by atoms with van der Waals surface area (Å²) >= 11 is 3.04. The summed E-state index contributed by atoms with van der Waals surface area (Å²) in [4.78, 5) is 11.6. The van der Waals surface area contributed by atoms with Crippen molar-refractivity contribution in [2.45, 2.75) is 11.7 Å². The van der Waals surface area contributed by atoms with E-state index in [1.54, 1.807) is 6.07 Å². The quantitative estimate of drug-likeness (QED) is 0.628. The lowest BCUT2D eigenvalue weighted by Gasteiger charge is -2.15. The molecule has 0 heterocycles. The van der Waals surface area contributed by atoms with Crippen molar-refractivity contribution in [3.05, 3.63) is 28.8 Å². The van der Waals surface area contributed by atoms with Crippen LogP contribution in [0.4, 0.5) is 13.2 Å². The van der Waals surface area contributed by atoms with Crippen molar-refractivity contribution >= 4 is 21.9 Å². The molecule has 0 fully saturated rings. The minimum atomic E-state index is -5.01. The molecule has 0 unspecified atom stereocenters. The number of nitrogens with zero attached hydrogens (tertiary/aromatic N) is 1. The highest BCUT2D eigenvalue weighted by molar-refractivity contribution is 9.08. The number of hydrogen-bond acceptors (Lipinski definition) is 4. The van der Waals surface area contributed by atoms with Crippen LogP contribution < -0.4 is 4.74 Å². The van der Waals surface area contributed by atoms with E-state index in [1.807, 2.05) is 0 Å². The molecular formula is C11H7BrF3NO3. The number of benzene rings is 1. The predicted octanol–water partition coefficient (Wildman–Crippen LogP) is 3.14. The average molecular weight is 338 g/mol. The van der Waals surface area contributed by atoms with Gasteiger partial charge in [-0.25, -0.2) is 4.79 Å². The largest absolute Gasteiger partial charge is 0.573 e. The minimum Gasteiger partial charge on any atom is -0.465 e. The highest BCUT2D eigenvalue weighted by atomic mass is 79.9. The van der Waals surface area contributed by atoms with Crippen LogP contribution in [0, 0.1) is 11.3 Å². The van der Waals surface area contributed by atoms with Gasteiger partial charge in [0.1, 0.15) is 11.6 Å². The number of halogens is 4. The topological polar surface area (TPSA) is 59.3 Å². The maximum absolute atomic E-state index is 12.3. The van der Waals surface area contributed by atoms with Crippen LogP contribution in [0.5, 0.6) is 5.75 Å². The minimum absolute atomic E-state index is 0.108. The fourth-order valence-corrected chi connectivity index (χ4v) is 1.84. The summed E-state index contributed by atoms with van der Waals surface area (Å²) < 4.78 is 45.2. The van der Waals surface area contributed by atoms with Gasteiger partial charge in [-0.05, 0) is 11.6 Å². The van der Waals surface area contributed by atoms with Crippen LogP contribution in [0.3, 0.4) is 0 Å². The summed E-state index contributed by atoms with van der Waals surface area (Å²) in [7, 11) is 1.02. The normalized spacial score (nSPS) is 10.7. The maximum atomic E-state index is 12.3. The molecule has 19 heavy (non-hydrogen) atoms. The van der Waals surface area contributed by atoms with Crippen LogP contribution in [0.2, 0.25) is 0 Å². The number of ether oxygens (including phenoxy) is 2. The Hall–Kier alpha value is -1.75.